The predicted molar refractivity (Wildman–Crippen MR) is 71.1 cm³/mol. The molecule has 0 aromatic heterocycles. The normalized spacial score (nSPS) is 10.6. The van der Waals surface area contributed by atoms with Crippen molar-refractivity contribution in [2.45, 2.75) is 13.3 Å². The molecule has 94 valence electrons. The van der Waals surface area contributed by atoms with Gasteiger partial charge in [-0.05, 0) is 45.6 Å². The van der Waals surface area contributed by atoms with Crippen LogP contribution in [-0.2, 0) is 0 Å². The third-order valence-corrected chi connectivity index (χ3v) is 2.64. The van der Waals surface area contributed by atoms with Gasteiger partial charge in [-0.3, -0.25) is 4.79 Å². The first-order chi connectivity index (χ1) is 8.02. The van der Waals surface area contributed by atoms with Crippen LogP contribution < -0.4 is 11.1 Å². The Morgan fingerprint density at radius 2 is 2.12 bits per heavy atom. The van der Waals surface area contributed by atoms with E-state index < -0.39 is 0 Å². The molecule has 0 saturated heterocycles. The maximum atomic E-state index is 11.9. The second kappa shape index (κ2) is 6.25. The van der Waals surface area contributed by atoms with E-state index in [1.807, 2.05) is 33.2 Å². The maximum absolute atomic E-state index is 11.9. The molecule has 0 aliphatic carbocycles. The summed E-state index contributed by atoms with van der Waals surface area (Å²) in [5.41, 5.74) is 7.93. The summed E-state index contributed by atoms with van der Waals surface area (Å²) in [5.74, 6) is -0.0926. The average molecular weight is 235 g/mol. The van der Waals surface area contributed by atoms with Gasteiger partial charge in [0.1, 0.15) is 0 Å². The standard InChI is InChI=1S/C13H21N3O/c1-10-6-4-7-11(12(10)14)13(17)15-8-5-9-16(2)3/h4,6-7H,5,8-9,14H2,1-3H3,(H,15,17). The van der Waals surface area contributed by atoms with Crippen molar-refractivity contribution in [3.05, 3.63) is 29.3 Å². The molecule has 4 heteroatoms. The number of benzene rings is 1. The number of carbonyl (C=O) groups excluding carboxylic acids is 1. The second-order valence-electron chi connectivity index (χ2n) is 4.45. The minimum atomic E-state index is -0.0926. The molecule has 1 rings (SSSR count). The van der Waals surface area contributed by atoms with Crippen LogP contribution in [0.3, 0.4) is 0 Å². The molecule has 0 aliphatic heterocycles. The van der Waals surface area contributed by atoms with E-state index in [0.29, 0.717) is 17.8 Å². The molecule has 0 heterocycles. The third kappa shape index (κ3) is 4.07. The molecule has 1 amide bonds. The SMILES string of the molecule is Cc1cccc(C(=O)NCCCN(C)C)c1N. The van der Waals surface area contributed by atoms with Crippen molar-refractivity contribution in [1.82, 2.24) is 10.2 Å². The lowest BCUT2D eigenvalue weighted by Crippen LogP contribution is -2.27. The quantitative estimate of drug-likeness (QED) is 0.596. The maximum Gasteiger partial charge on any atom is 0.253 e. The number of hydrogen-bond donors (Lipinski definition) is 2. The van der Waals surface area contributed by atoms with Crippen molar-refractivity contribution >= 4 is 11.6 Å². The number of carbonyl (C=O) groups is 1. The van der Waals surface area contributed by atoms with Crippen LogP contribution >= 0.6 is 0 Å². The van der Waals surface area contributed by atoms with Gasteiger partial charge in [-0.25, -0.2) is 0 Å². The fourth-order valence-corrected chi connectivity index (χ4v) is 1.57. The minimum absolute atomic E-state index is 0.0926. The smallest absolute Gasteiger partial charge is 0.253 e. The summed E-state index contributed by atoms with van der Waals surface area (Å²) in [5, 5.41) is 2.88. The highest BCUT2D eigenvalue weighted by molar-refractivity contribution is 5.99. The van der Waals surface area contributed by atoms with Crippen LogP contribution in [0, 0.1) is 6.92 Å². The van der Waals surface area contributed by atoms with Gasteiger partial charge in [0.15, 0.2) is 0 Å². The number of anilines is 1. The Kier molecular flexibility index (Phi) is 4.97. The summed E-state index contributed by atoms with van der Waals surface area (Å²) in [7, 11) is 4.03. The Labute approximate surface area is 103 Å². The van der Waals surface area contributed by atoms with Gasteiger partial charge >= 0.3 is 0 Å². The topological polar surface area (TPSA) is 58.4 Å². The van der Waals surface area contributed by atoms with Crippen LogP contribution in [0.2, 0.25) is 0 Å². The van der Waals surface area contributed by atoms with Gasteiger partial charge in [-0.2, -0.15) is 0 Å². The molecule has 0 aliphatic rings. The number of rotatable bonds is 5. The van der Waals surface area contributed by atoms with Gasteiger partial charge in [-0.15, -0.1) is 0 Å². The second-order valence-corrected chi connectivity index (χ2v) is 4.45. The Balaban J connectivity index is 2.50. The zero-order valence-electron chi connectivity index (χ0n) is 10.8. The molecule has 0 atom stereocenters. The molecular weight excluding hydrogens is 214 g/mol. The van der Waals surface area contributed by atoms with E-state index in [9.17, 15) is 4.79 Å². The van der Waals surface area contributed by atoms with Crippen molar-refractivity contribution < 1.29 is 4.79 Å². The van der Waals surface area contributed by atoms with Crippen LogP contribution in [0.25, 0.3) is 0 Å². The first-order valence-electron chi connectivity index (χ1n) is 5.80. The molecule has 3 N–H and O–H groups in total. The lowest BCUT2D eigenvalue weighted by Gasteiger charge is -2.11. The lowest BCUT2D eigenvalue weighted by molar-refractivity contribution is 0.0953. The van der Waals surface area contributed by atoms with Gasteiger partial charge in [0, 0.05) is 12.2 Å². The Bertz CT molecular complexity index is 388. The molecule has 0 bridgehead atoms. The summed E-state index contributed by atoms with van der Waals surface area (Å²) in [6, 6.07) is 5.50. The molecule has 0 unspecified atom stereocenters. The summed E-state index contributed by atoms with van der Waals surface area (Å²) in [4.78, 5) is 13.9. The number of nitrogens with zero attached hydrogens (tertiary/aromatic N) is 1. The number of para-hydroxylation sites is 1. The molecule has 0 radical (unpaired) electrons. The molecule has 1 aromatic rings. The third-order valence-electron chi connectivity index (χ3n) is 2.64. The van der Waals surface area contributed by atoms with E-state index in [2.05, 4.69) is 10.2 Å². The van der Waals surface area contributed by atoms with E-state index in [4.69, 9.17) is 5.73 Å². The Hall–Kier alpha value is -1.55. The van der Waals surface area contributed by atoms with Crippen molar-refractivity contribution in [1.29, 1.82) is 0 Å². The van der Waals surface area contributed by atoms with Crippen LogP contribution in [0.1, 0.15) is 22.3 Å². The fraction of sp³-hybridized carbons (Fsp3) is 0.462. The van der Waals surface area contributed by atoms with Crippen LogP contribution in [-0.4, -0.2) is 38.0 Å². The van der Waals surface area contributed by atoms with Crippen LogP contribution in [0.15, 0.2) is 18.2 Å². The summed E-state index contributed by atoms with van der Waals surface area (Å²) < 4.78 is 0. The number of amides is 1. The first-order valence-corrected chi connectivity index (χ1v) is 5.80. The molecule has 0 spiro atoms. The van der Waals surface area contributed by atoms with Gasteiger partial charge in [-0.1, -0.05) is 12.1 Å². The number of nitrogens with one attached hydrogen (secondary N) is 1. The number of nitrogen functional groups attached to an aromatic ring is 1. The highest BCUT2D eigenvalue weighted by Gasteiger charge is 2.09. The number of nitrogens with two attached hydrogens (primary N) is 1. The van der Waals surface area contributed by atoms with E-state index in [1.165, 1.54) is 0 Å². The van der Waals surface area contributed by atoms with Crippen molar-refractivity contribution in [2.24, 2.45) is 0 Å². The minimum Gasteiger partial charge on any atom is -0.398 e. The van der Waals surface area contributed by atoms with E-state index >= 15 is 0 Å². The van der Waals surface area contributed by atoms with Crippen LogP contribution in [0.4, 0.5) is 5.69 Å². The predicted octanol–water partition coefficient (Wildman–Crippen LogP) is 1.26. The molecular formula is C13H21N3O. The summed E-state index contributed by atoms with van der Waals surface area (Å²) in [6.07, 6.45) is 0.935. The first kappa shape index (κ1) is 13.5. The molecule has 0 fully saturated rings. The lowest BCUT2D eigenvalue weighted by atomic mass is 10.1. The zero-order valence-corrected chi connectivity index (χ0v) is 10.8. The highest BCUT2D eigenvalue weighted by Crippen LogP contribution is 2.15. The fourth-order valence-electron chi connectivity index (χ4n) is 1.57. The molecule has 1 aromatic carbocycles. The van der Waals surface area contributed by atoms with Gasteiger partial charge < -0.3 is 16.0 Å². The molecule has 4 nitrogen and oxygen atoms in total. The van der Waals surface area contributed by atoms with Gasteiger partial charge in [0.05, 0.1) is 5.56 Å². The summed E-state index contributed by atoms with van der Waals surface area (Å²) >= 11 is 0. The highest BCUT2D eigenvalue weighted by atomic mass is 16.1. The van der Waals surface area contributed by atoms with Crippen molar-refractivity contribution in [2.75, 3.05) is 32.9 Å². The van der Waals surface area contributed by atoms with Crippen molar-refractivity contribution in [3.8, 4) is 0 Å². The average Bonchev–Trinajstić information content (AvgIpc) is 2.27. The largest absolute Gasteiger partial charge is 0.398 e. The Morgan fingerprint density at radius 3 is 2.76 bits per heavy atom. The van der Waals surface area contributed by atoms with Gasteiger partial charge in [0.2, 0.25) is 0 Å². The van der Waals surface area contributed by atoms with Crippen LogP contribution in [0.5, 0.6) is 0 Å². The zero-order chi connectivity index (χ0) is 12.8. The molecule has 17 heavy (non-hydrogen) atoms. The van der Waals surface area contributed by atoms with Crippen molar-refractivity contribution in [3.63, 3.8) is 0 Å². The number of hydrogen-bond acceptors (Lipinski definition) is 3. The number of aryl methyl sites for hydroxylation is 1. The van der Waals surface area contributed by atoms with E-state index in [-0.39, 0.29) is 5.91 Å². The Morgan fingerprint density at radius 1 is 1.41 bits per heavy atom. The van der Waals surface area contributed by atoms with Gasteiger partial charge in [0.25, 0.3) is 5.91 Å². The molecule has 0 saturated carbocycles. The summed E-state index contributed by atoms with van der Waals surface area (Å²) in [6.45, 7) is 3.53. The van der Waals surface area contributed by atoms with E-state index in [1.54, 1.807) is 6.07 Å². The van der Waals surface area contributed by atoms with E-state index in [0.717, 1.165) is 18.5 Å². The monoisotopic (exact) mass is 235 g/mol.